The van der Waals surface area contributed by atoms with E-state index in [4.69, 9.17) is 5.26 Å². The molecule has 0 radical (unpaired) electrons. The van der Waals surface area contributed by atoms with Crippen molar-refractivity contribution in [3.05, 3.63) is 63.4 Å². The van der Waals surface area contributed by atoms with Crippen LogP contribution in [0.15, 0.2) is 41.1 Å². The number of aromatic nitrogens is 1. The van der Waals surface area contributed by atoms with Gasteiger partial charge in [0.2, 0.25) is 0 Å². The molecule has 20 heavy (non-hydrogen) atoms. The number of hydrogen-bond donors (Lipinski definition) is 1. The molecule has 1 heterocycles. The summed E-state index contributed by atoms with van der Waals surface area (Å²) < 4.78 is 0.973. The van der Waals surface area contributed by atoms with Gasteiger partial charge in [0.25, 0.3) is 5.91 Å². The van der Waals surface area contributed by atoms with Crippen molar-refractivity contribution in [3.8, 4) is 6.07 Å². The van der Waals surface area contributed by atoms with E-state index >= 15 is 0 Å². The molecule has 0 saturated carbocycles. The average molecular weight is 330 g/mol. The predicted molar refractivity (Wildman–Crippen MR) is 79.0 cm³/mol. The molecule has 4 nitrogen and oxygen atoms in total. The fourth-order valence-electron chi connectivity index (χ4n) is 1.73. The number of nitriles is 1. The molecule has 0 spiro atoms. The number of hydrogen-bond acceptors (Lipinski definition) is 3. The van der Waals surface area contributed by atoms with Crippen molar-refractivity contribution in [1.82, 2.24) is 10.3 Å². The van der Waals surface area contributed by atoms with Gasteiger partial charge < -0.3 is 5.32 Å². The SMILES string of the molecule is Cc1ccc(Br)cc1CNC(=O)c1cncc(C#N)c1. The molecule has 0 aliphatic rings. The number of pyridine rings is 1. The summed E-state index contributed by atoms with van der Waals surface area (Å²) in [5.41, 5.74) is 2.91. The normalized spacial score (nSPS) is 9.85. The highest BCUT2D eigenvalue weighted by atomic mass is 79.9. The molecule has 0 bridgehead atoms. The monoisotopic (exact) mass is 329 g/mol. The molecule has 0 atom stereocenters. The molecule has 1 aromatic heterocycles. The van der Waals surface area contributed by atoms with Gasteiger partial charge in [0.05, 0.1) is 11.1 Å². The lowest BCUT2D eigenvalue weighted by Crippen LogP contribution is -2.23. The molecule has 2 rings (SSSR count). The van der Waals surface area contributed by atoms with Crippen LogP contribution in [-0.2, 0) is 6.54 Å². The Morgan fingerprint density at radius 2 is 2.20 bits per heavy atom. The van der Waals surface area contributed by atoms with E-state index in [-0.39, 0.29) is 5.91 Å². The van der Waals surface area contributed by atoms with Crippen molar-refractivity contribution < 1.29 is 4.79 Å². The van der Waals surface area contributed by atoms with E-state index in [9.17, 15) is 4.79 Å². The summed E-state index contributed by atoms with van der Waals surface area (Å²) in [5.74, 6) is -0.242. The number of halogens is 1. The van der Waals surface area contributed by atoms with Gasteiger partial charge in [-0.2, -0.15) is 5.26 Å². The highest BCUT2D eigenvalue weighted by molar-refractivity contribution is 9.10. The van der Waals surface area contributed by atoms with Crippen molar-refractivity contribution in [1.29, 1.82) is 5.26 Å². The van der Waals surface area contributed by atoms with Crippen LogP contribution in [0.1, 0.15) is 27.0 Å². The average Bonchev–Trinajstić information content (AvgIpc) is 2.48. The number of carbonyl (C=O) groups excluding carboxylic acids is 1. The Hall–Kier alpha value is -2.19. The van der Waals surface area contributed by atoms with E-state index in [1.807, 2.05) is 31.2 Å². The summed E-state index contributed by atoms with van der Waals surface area (Å²) in [6, 6.07) is 9.41. The van der Waals surface area contributed by atoms with Crippen LogP contribution in [0.4, 0.5) is 0 Å². The number of carbonyl (C=O) groups is 1. The fourth-order valence-corrected chi connectivity index (χ4v) is 2.14. The van der Waals surface area contributed by atoms with Crippen molar-refractivity contribution in [3.63, 3.8) is 0 Å². The minimum atomic E-state index is -0.242. The van der Waals surface area contributed by atoms with Gasteiger partial charge in [0.15, 0.2) is 0 Å². The summed E-state index contributed by atoms with van der Waals surface area (Å²) in [6.45, 7) is 2.42. The van der Waals surface area contributed by atoms with Crippen molar-refractivity contribution >= 4 is 21.8 Å². The summed E-state index contributed by atoms with van der Waals surface area (Å²) >= 11 is 3.41. The first-order chi connectivity index (χ1) is 9.60. The Morgan fingerprint density at radius 3 is 2.95 bits per heavy atom. The van der Waals surface area contributed by atoms with Gasteiger partial charge in [-0.25, -0.2) is 0 Å². The third-order valence-corrected chi connectivity index (χ3v) is 3.37. The van der Waals surface area contributed by atoms with E-state index in [1.165, 1.54) is 18.5 Å². The van der Waals surface area contributed by atoms with Crippen LogP contribution in [0.5, 0.6) is 0 Å². The van der Waals surface area contributed by atoms with Gasteiger partial charge in [0, 0.05) is 23.4 Å². The Balaban J connectivity index is 2.09. The zero-order valence-corrected chi connectivity index (χ0v) is 12.4. The molecule has 0 saturated heterocycles. The first-order valence-corrected chi connectivity index (χ1v) is 6.78. The molecule has 0 aliphatic carbocycles. The first-order valence-electron chi connectivity index (χ1n) is 5.98. The lowest BCUT2D eigenvalue weighted by molar-refractivity contribution is 0.0950. The molecule has 0 aliphatic heterocycles. The van der Waals surface area contributed by atoms with Gasteiger partial charge in [0.1, 0.15) is 6.07 Å². The summed E-state index contributed by atoms with van der Waals surface area (Å²) in [4.78, 5) is 15.9. The second kappa shape index (κ2) is 6.31. The number of rotatable bonds is 3. The third-order valence-electron chi connectivity index (χ3n) is 2.88. The minimum Gasteiger partial charge on any atom is -0.348 e. The maximum atomic E-state index is 12.0. The van der Waals surface area contributed by atoms with E-state index in [1.54, 1.807) is 0 Å². The zero-order chi connectivity index (χ0) is 14.5. The van der Waals surface area contributed by atoms with E-state index < -0.39 is 0 Å². The van der Waals surface area contributed by atoms with Gasteiger partial charge >= 0.3 is 0 Å². The first kappa shape index (κ1) is 14.2. The largest absolute Gasteiger partial charge is 0.348 e. The van der Waals surface area contributed by atoms with Gasteiger partial charge in [-0.3, -0.25) is 9.78 Å². The minimum absolute atomic E-state index is 0.242. The molecule has 0 fully saturated rings. The molecule has 5 heteroatoms. The van der Waals surface area contributed by atoms with Crippen LogP contribution in [0.2, 0.25) is 0 Å². The molecular weight excluding hydrogens is 318 g/mol. The second-order valence-corrected chi connectivity index (χ2v) is 5.24. The van der Waals surface area contributed by atoms with E-state index in [2.05, 4.69) is 26.2 Å². The van der Waals surface area contributed by atoms with Crippen LogP contribution in [-0.4, -0.2) is 10.9 Å². The Labute approximate surface area is 125 Å². The quantitative estimate of drug-likeness (QED) is 0.941. The fraction of sp³-hybridized carbons (Fsp3) is 0.133. The zero-order valence-electron chi connectivity index (χ0n) is 10.9. The number of aryl methyl sites for hydroxylation is 1. The molecule has 0 unspecified atom stereocenters. The topological polar surface area (TPSA) is 65.8 Å². The van der Waals surface area contributed by atoms with Gasteiger partial charge in [-0.15, -0.1) is 0 Å². The van der Waals surface area contributed by atoms with E-state index in [0.717, 1.165) is 15.6 Å². The summed E-state index contributed by atoms with van der Waals surface area (Å²) in [7, 11) is 0. The van der Waals surface area contributed by atoms with Crippen molar-refractivity contribution in [2.75, 3.05) is 0 Å². The lowest BCUT2D eigenvalue weighted by atomic mass is 10.1. The third kappa shape index (κ3) is 3.43. The van der Waals surface area contributed by atoms with Crippen LogP contribution in [0.25, 0.3) is 0 Å². The summed E-state index contributed by atoms with van der Waals surface area (Å²) in [5, 5.41) is 11.6. The standard InChI is InChI=1S/C15H12BrN3O/c1-10-2-3-14(16)5-12(10)9-19-15(20)13-4-11(6-17)7-18-8-13/h2-5,7-8H,9H2,1H3,(H,19,20). The smallest absolute Gasteiger partial charge is 0.253 e. The predicted octanol–water partition coefficient (Wildman–Crippen LogP) is 2.95. The number of amides is 1. The highest BCUT2D eigenvalue weighted by Gasteiger charge is 2.08. The van der Waals surface area contributed by atoms with Crippen LogP contribution in [0.3, 0.4) is 0 Å². The van der Waals surface area contributed by atoms with Crippen LogP contribution < -0.4 is 5.32 Å². The number of benzene rings is 1. The molecular formula is C15H12BrN3O. The molecule has 1 N–H and O–H groups in total. The molecule has 1 amide bonds. The lowest BCUT2D eigenvalue weighted by Gasteiger charge is -2.08. The van der Waals surface area contributed by atoms with Crippen molar-refractivity contribution in [2.24, 2.45) is 0 Å². The van der Waals surface area contributed by atoms with Gasteiger partial charge in [-0.05, 0) is 36.2 Å². The summed E-state index contributed by atoms with van der Waals surface area (Å²) in [6.07, 6.45) is 2.87. The highest BCUT2D eigenvalue weighted by Crippen LogP contribution is 2.16. The van der Waals surface area contributed by atoms with Crippen molar-refractivity contribution in [2.45, 2.75) is 13.5 Å². The Morgan fingerprint density at radius 1 is 1.40 bits per heavy atom. The second-order valence-electron chi connectivity index (χ2n) is 4.33. The maximum Gasteiger partial charge on any atom is 0.253 e. The number of nitrogens with one attached hydrogen (secondary N) is 1. The van der Waals surface area contributed by atoms with Crippen LogP contribution >= 0.6 is 15.9 Å². The van der Waals surface area contributed by atoms with E-state index in [0.29, 0.717) is 17.7 Å². The van der Waals surface area contributed by atoms with Gasteiger partial charge in [-0.1, -0.05) is 22.0 Å². The maximum absolute atomic E-state index is 12.0. The molecule has 1 aromatic carbocycles. The molecule has 100 valence electrons. The van der Waals surface area contributed by atoms with Crippen LogP contribution in [0, 0.1) is 18.3 Å². The Bertz CT molecular complexity index is 692. The Kier molecular flexibility index (Phi) is 4.49. The molecule has 2 aromatic rings. The number of nitrogens with zero attached hydrogens (tertiary/aromatic N) is 2.